The number of halogens is 1. The van der Waals surface area contributed by atoms with Gasteiger partial charge in [-0.1, -0.05) is 54.1 Å². The third-order valence-electron chi connectivity index (χ3n) is 4.84. The third kappa shape index (κ3) is 4.11. The fraction of sp³-hybridized carbons (Fsp3) is 0.125. The molecule has 30 heavy (non-hydrogen) atoms. The number of hydrogen-bond donors (Lipinski definition) is 0. The molecule has 150 valence electrons. The van der Waals surface area contributed by atoms with E-state index in [1.54, 1.807) is 28.9 Å². The summed E-state index contributed by atoms with van der Waals surface area (Å²) in [5, 5.41) is 0.593. The molecule has 2 aromatic carbocycles. The van der Waals surface area contributed by atoms with E-state index in [2.05, 4.69) is 17.1 Å². The van der Waals surface area contributed by atoms with E-state index in [0.717, 1.165) is 11.1 Å². The van der Waals surface area contributed by atoms with Crippen LogP contribution in [-0.4, -0.2) is 22.6 Å². The van der Waals surface area contributed by atoms with Crippen LogP contribution in [0.4, 0.5) is 11.5 Å². The number of aromatic nitrogens is 2. The Labute approximate surface area is 179 Å². The van der Waals surface area contributed by atoms with Gasteiger partial charge in [-0.05, 0) is 42.3 Å². The van der Waals surface area contributed by atoms with E-state index in [-0.39, 0.29) is 5.56 Å². The van der Waals surface area contributed by atoms with Crippen molar-refractivity contribution in [3.63, 3.8) is 0 Å². The van der Waals surface area contributed by atoms with E-state index in [0.29, 0.717) is 34.3 Å². The van der Waals surface area contributed by atoms with Crippen molar-refractivity contribution in [1.82, 2.24) is 9.38 Å². The summed E-state index contributed by atoms with van der Waals surface area (Å²) >= 11 is 6.07. The van der Waals surface area contributed by atoms with Crippen molar-refractivity contribution in [3.8, 4) is 0 Å². The summed E-state index contributed by atoms with van der Waals surface area (Å²) in [5.74, 6) is 0.587. The second-order valence-electron chi connectivity index (χ2n) is 7.12. The fourth-order valence-electron chi connectivity index (χ4n) is 3.33. The Morgan fingerprint density at radius 3 is 2.67 bits per heavy atom. The lowest BCUT2D eigenvalue weighted by atomic mass is 10.2. The van der Waals surface area contributed by atoms with Gasteiger partial charge in [0.1, 0.15) is 17.0 Å². The van der Waals surface area contributed by atoms with E-state index in [4.69, 9.17) is 16.6 Å². The molecule has 0 fully saturated rings. The van der Waals surface area contributed by atoms with Crippen LogP contribution in [0.5, 0.6) is 0 Å². The van der Waals surface area contributed by atoms with Crippen molar-refractivity contribution in [2.75, 3.05) is 11.9 Å². The second-order valence-corrected chi connectivity index (χ2v) is 7.56. The Hall–Kier alpha value is -3.44. The van der Waals surface area contributed by atoms with Crippen LogP contribution in [0.2, 0.25) is 5.02 Å². The molecule has 6 heteroatoms. The first-order chi connectivity index (χ1) is 14.5. The first-order valence-electron chi connectivity index (χ1n) is 9.59. The molecule has 0 aliphatic carbocycles. The molecule has 0 atom stereocenters. The highest BCUT2D eigenvalue weighted by Crippen LogP contribution is 2.21. The van der Waals surface area contributed by atoms with Crippen molar-refractivity contribution >= 4 is 35.0 Å². The third-order valence-corrected chi connectivity index (χ3v) is 5.07. The summed E-state index contributed by atoms with van der Waals surface area (Å²) < 4.78 is 1.56. The molecule has 0 spiro atoms. The van der Waals surface area contributed by atoms with Crippen LogP contribution < -0.4 is 10.5 Å². The number of nitrogens with zero attached hydrogens (tertiary/aromatic N) is 4. The molecule has 0 bridgehead atoms. The summed E-state index contributed by atoms with van der Waals surface area (Å²) in [6.07, 6.45) is 3.31. The molecule has 5 nitrogen and oxygen atoms in total. The standard InChI is InChI=1S/C24H21ClN4O/c1-17-8-7-13-29-22(17)27-23(28(2)16-18-9-4-3-5-10-18)21(24(29)30)15-26-20-12-6-11-19(25)14-20/h3-15H,16H2,1-2H3. The van der Waals surface area contributed by atoms with Crippen LogP contribution in [0.3, 0.4) is 0 Å². The van der Waals surface area contributed by atoms with E-state index in [1.807, 2.05) is 61.3 Å². The minimum atomic E-state index is -0.163. The van der Waals surface area contributed by atoms with Gasteiger partial charge in [0, 0.05) is 31.0 Å². The Morgan fingerprint density at radius 1 is 1.10 bits per heavy atom. The van der Waals surface area contributed by atoms with Crippen LogP contribution in [0.1, 0.15) is 16.7 Å². The molecule has 0 saturated heterocycles. The molecule has 4 aromatic rings. The highest BCUT2D eigenvalue weighted by molar-refractivity contribution is 6.30. The first kappa shape index (κ1) is 19.9. The van der Waals surface area contributed by atoms with Gasteiger partial charge in [0.25, 0.3) is 5.56 Å². The monoisotopic (exact) mass is 416 g/mol. The van der Waals surface area contributed by atoms with E-state index in [9.17, 15) is 4.79 Å². The number of fused-ring (bicyclic) bond motifs is 1. The quantitative estimate of drug-likeness (QED) is 0.428. The normalized spacial score (nSPS) is 11.3. The molecule has 0 aliphatic rings. The molecule has 4 rings (SSSR count). The van der Waals surface area contributed by atoms with E-state index >= 15 is 0 Å². The van der Waals surface area contributed by atoms with Crippen molar-refractivity contribution in [1.29, 1.82) is 0 Å². The van der Waals surface area contributed by atoms with Crippen LogP contribution >= 0.6 is 11.6 Å². The average molecular weight is 417 g/mol. The Morgan fingerprint density at radius 2 is 1.90 bits per heavy atom. The summed E-state index contributed by atoms with van der Waals surface area (Å²) in [7, 11) is 1.93. The zero-order valence-corrected chi connectivity index (χ0v) is 17.5. The van der Waals surface area contributed by atoms with Crippen molar-refractivity contribution < 1.29 is 0 Å². The number of pyridine rings is 1. The predicted molar refractivity (Wildman–Crippen MR) is 123 cm³/mol. The van der Waals surface area contributed by atoms with Crippen molar-refractivity contribution in [2.45, 2.75) is 13.5 Å². The van der Waals surface area contributed by atoms with Gasteiger partial charge in [-0.2, -0.15) is 0 Å². The maximum atomic E-state index is 13.3. The number of hydrogen-bond acceptors (Lipinski definition) is 4. The van der Waals surface area contributed by atoms with E-state index < -0.39 is 0 Å². The van der Waals surface area contributed by atoms with Crippen LogP contribution in [-0.2, 0) is 6.54 Å². The average Bonchev–Trinajstić information content (AvgIpc) is 2.74. The van der Waals surface area contributed by atoms with Gasteiger partial charge in [-0.15, -0.1) is 0 Å². The smallest absolute Gasteiger partial charge is 0.268 e. The molecule has 0 saturated carbocycles. The van der Waals surface area contributed by atoms with Crippen molar-refractivity contribution in [2.24, 2.45) is 4.99 Å². The van der Waals surface area contributed by atoms with Crippen LogP contribution in [0.25, 0.3) is 5.65 Å². The van der Waals surface area contributed by atoms with Gasteiger partial charge in [0.2, 0.25) is 0 Å². The van der Waals surface area contributed by atoms with Gasteiger partial charge in [0.15, 0.2) is 0 Å². The van der Waals surface area contributed by atoms with E-state index in [1.165, 1.54) is 0 Å². The largest absolute Gasteiger partial charge is 0.355 e. The summed E-state index contributed by atoms with van der Waals surface area (Å²) in [6, 6.07) is 21.1. The molecule has 0 aliphatic heterocycles. The van der Waals surface area contributed by atoms with Crippen LogP contribution in [0.15, 0.2) is 82.7 Å². The molecular formula is C24H21ClN4O. The maximum absolute atomic E-state index is 13.3. The van der Waals surface area contributed by atoms with Gasteiger partial charge in [0.05, 0.1) is 5.69 Å². The van der Waals surface area contributed by atoms with Gasteiger partial charge >= 0.3 is 0 Å². The maximum Gasteiger partial charge on any atom is 0.268 e. The summed E-state index contributed by atoms with van der Waals surface area (Å²) in [6.45, 7) is 2.57. The first-order valence-corrected chi connectivity index (χ1v) is 9.97. The molecule has 2 heterocycles. The summed E-state index contributed by atoms with van der Waals surface area (Å²) in [4.78, 5) is 24.6. The lowest BCUT2D eigenvalue weighted by molar-refractivity contribution is 0.883. The Bertz CT molecular complexity index is 1280. The number of anilines is 1. The molecule has 0 N–H and O–H groups in total. The molecular weight excluding hydrogens is 396 g/mol. The fourth-order valence-corrected chi connectivity index (χ4v) is 3.52. The lowest BCUT2D eigenvalue weighted by Gasteiger charge is -2.21. The van der Waals surface area contributed by atoms with Crippen LogP contribution in [0, 0.1) is 6.92 Å². The molecule has 2 aromatic heterocycles. The second kappa shape index (κ2) is 8.51. The lowest BCUT2D eigenvalue weighted by Crippen LogP contribution is -2.27. The van der Waals surface area contributed by atoms with Gasteiger partial charge in [-0.25, -0.2) is 4.98 Å². The molecule has 0 unspecified atom stereocenters. The SMILES string of the molecule is Cc1cccn2c(=O)c(C=Nc3cccc(Cl)c3)c(N(C)Cc3ccccc3)nc12. The number of benzene rings is 2. The number of aryl methyl sites for hydroxylation is 1. The highest BCUT2D eigenvalue weighted by atomic mass is 35.5. The Kier molecular flexibility index (Phi) is 5.63. The zero-order chi connectivity index (χ0) is 21.1. The minimum Gasteiger partial charge on any atom is -0.355 e. The highest BCUT2D eigenvalue weighted by Gasteiger charge is 2.16. The Balaban J connectivity index is 1.85. The topological polar surface area (TPSA) is 50.0 Å². The number of aliphatic imine (C=N–C) groups is 1. The number of rotatable bonds is 5. The zero-order valence-electron chi connectivity index (χ0n) is 16.8. The predicted octanol–water partition coefficient (Wildman–Crippen LogP) is 5.04. The van der Waals surface area contributed by atoms with Gasteiger partial charge < -0.3 is 4.90 Å². The van der Waals surface area contributed by atoms with Gasteiger partial charge in [-0.3, -0.25) is 14.2 Å². The van der Waals surface area contributed by atoms with Crippen molar-refractivity contribution in [3.05, 3.63) is 105 Å². The molecule has 0 amide bonds. The minimum absolute atomic E-state index is 0.163. The summed E-state index contributed by atoms with van der Waals surface area (Å²) in [5.41, 5.74) is 3.64. The molecule has 0 radical (unpaired) electrons.